The molecule has 4 rings (SSSR count). The molecule has 2 aromatic heterocycles. The van der Waals surface area contributed by atoms with Gasteiger partial charge in [-0.1, -0.05) is 24.3 Å². The van der Waals surface area contributed by atoms with E-state index in [1.165, 1.54) is 11.6 Å². The van der Waals surface area contributed by atoms with Gasteiger partial charge >= 0.3 is 0 Å². The molecule has 6 heteroatoms. The average molecular weight is 366 g/mol. The van der Waals surface area contributed by atoms with E-state index in [2.05, 4.69) is 21.2 Å². The minimum atomic E-state index is -0.237. The topological polar surface area (TPSA) is 43.2 Å². The summed E-state index contributed by atoms with van der Waals surface area (Å²) in [4.78, 5) is 6.91. The van der Waals surface area contributed by atoms with Gasteiger partial charge in [-0.3, -0.25) is 14.6 Å². The smallest absolute Gasteiger partial charge is 0.131 e. The molecule has 1 atom stereocenters. The lowest BCUT2D eigenvalue weighted by atomic mass is 10.1. The van der Waals surface area contributed by atoms with Crippen LogP contribution in [0.4, 0.5) is 4.39 Å². The summed E-state index contributed by atoms with van der Waals surface area (Å²) in [5.74, 6) is -0.237. The number of hydrogen-bond acceptors (Lipinski definition) is 4. The van der Waals surface area contributed by atoms with Crippen LogP contribution >= 0.6 is 0 Å². The van der Waals surface area contributed by atoms with Crippen LogP contribution in [0.15, 0.2) is 48.8 Å². The van der Waals surface area contributed by atoms with Crippen molar-refractivity contribution < 1.29 is 9.13 Å². The second-order valence-corrected chi connectivity index (χ2v) is 6.96. The summed E-state index contributed by atoms with van der Waals surface area (Å²) in [7, 11) is 1.94. The number of aromatic nitrogens is 3. The predicted octanol–water partition coefficient (Wildman–Crippen LogP) is 3.50. The second-order valence-electron chi connectivity index (χ2n) is 6.96. The van der Waals surface area contributed by atoms with Gasteiger partial charge in [0.15, 0.2) is 0 Å². The van der Waals surface area contributed by atoms with E-state index in [0.717, 1.165) is 36.6 Å². The number of rotatable bonds is 4. The SMILES string of the molecule is Cc1nn(C)cc1CN1CCO[C@@H](c2ccc(-c3ccccc3F)cn2)C1. The summed E-state index contributed by atoms with van der Waals surface area (Å²) < 4.78 is 21.7. The number of morpholine rings is 1. The van der Waals surface area contributed by atoms with Gasteiger partial charge in [-0.25, -0.2) is 4.39 Å². The Bertz CT molecular complexity index is 922. The van der Waals surface area contributed by atoms with Gasteiger partial charge in [0.2, 0.25) is 0 Å². The van der Waals surface area contributed by atoms with E-state index in [-0.39, 0.29) is 11.9 Å². The second kappa shape index (κ2) is 7.58. The molecule has 5 nitrogen and oxygen atoms in total. The van der Waals surface area contributed by atoms with E-state index < -0.39 is 0 Å². The first-order valence-corrected chi connectivity index (χ1v) is 9.14. The normalized spacial score (nSPS) is 18.0. The van der Waals surface area contributed by atoms with Crippen molar-refractivity contribution in [2.24, 2.45) is 7.05 Å². The molecule has 140 valence electrons. The number of nitrogens with zero attached hydrogens (tertiary/aromatic N) is 4. The van der Waals surface area contributed by atoms with Gasteiger partial charge in [0.05, 0.1) is 18.0 Å². The van der Waals surface area contributed by atoms with Gasteiger partial charge in [0, 0.05) is 55.8 Å². The zero-order chi connectivity index (χ0) is 18.8. The summed E-state index contributed by atoms with van der Waals surface area (Å²) in [6.07, 6.45) is 3.72. The molecule has 3 aromatic rings. The highest BCUT2D eigenvalue weighted by molar-refractivity contribution is 5.63. The monoisotopic (exact) mass is 366 g/mol. The number of benzene rings is 1. The van der Waals surface area contributed by atoms with E-state index in [9.17, 15) is 4.39 Å². The first-order chi connectivity index (χ1) is 13.1. The molecule has 0 spiro atoms. The molecule has 0 saturated carbocycles. The van der Waals surface area contributed by atoms with Gasteiger partial charge in [0.25, 0.3) is 0 Å². The van der Waals surface area contributed by atoms with E-state index in [1.54, 1.807) is 18.3 Å². The largest absolute Gasteiger partial charge is 0.369 e. The molecule has 27 heavy (non-hydrogen) atoms. The fourth-order valence-electron chi connectivity index (χ4n) is 3.52. The third-order valence-electron chi connectivity index (χ3n) is 4.96. The van der Waals surface area contributed by atoms with Crippen LogP contribution in [0.2, 0.25) is 0 Å². The van der Waals surface area contributed by atoms with Crippen molar-refractivity contribution in [1.29, 1.82) is 0 Å². The Balaban J connectivity index is 1.47. The van der Waals surface area contributed by atoms with E-state index in [0.29, 0.717) is 12.2 Å². The Kier molecular flexibility index (Phi) is 5.01. The summed E-state index contributed by atoms with van der Waals surface area (Å²) in [5.41, 5.74) is 4.52. The van der Waals surface area contributed by atoms with Crippen LogP contribution in [0, 0.1) is 12.7 Å². The lowest BCUT2D eigenvalue weighted by molar-refractivity contribution is -0.0350. The zero-order valence-corrected chi connectivity index (χ0v) is 15.6. The van der Waals surface area contributed by atoms with Crippen molar-refractivity contribution in [3.05, 3.63) is 71.6 Å². The number of halogens is 1. The fourth-order valence-corrected chi connectivity index (χ4v) is 3.52. The third kappa shape index (κ3) is 3.91. The van der Waals surface area contributed by atoms with Gasteiger partial charge in [-0.05, 0) is 19.1 Å². The minimum Gasteiger partial charge on any atom is -0.369 e. The fraction of sp³-hybridized carbons (Fsp3) is 0.333. The van der Waals surface area contributed by atoms with Crippen molar-refractivity contribution in [3.63, 3.8) is 0 Å². The lowest BCUT2D eigenvalue weighted by Crippen LogP contribution is -2.38. The molecule has 0 amide bonds. The maximum absolute atomic E-state index is 14.0. The molecule has 0 N–H and O–H groups in total. The summed E-state index contributed by atoms with van der Waals surface area (Å²) in [6, 6.07) is 10.6. The lowest BCUT2D eigenvalue weighted by Gasteiger charge is -2.32. The van der Waals surface area contributed by atoms with Crippen LogP contribution in [-0.4, -0.2) is 39.4 Å². The summed E-state index contributed by atoms with van der Waals surface area (Å²) in [6.45, 7) is 5.22. The van der Waals surface area contributed by atoms with Crippen LogP contribution in [0.3, 0.4) is 0 Å². The number of aryl methyl sites for hydroxylation is 2. The summed E-state index contributed by atoms with van der Waals surface area (Å²) in [5, 5.41) is 4.42. The zero-order valence-electron chi connectivity index (χ0n) is 15.6. The van der Waals surface area contributed by atoms with Crippen LogP contribution in [0.5, 0.6) is 0 Å². The number of ether oxygens (including phenoxy) is 1. The van der Waals surface area contributed by atoms with Gasteiger partial charge < -0.3 is 4.74 Å². The van der Waals surface area contributed by atoms with Crippen molar-refractivity contribution in [2.45, 2.75) is 19.6 Å². The molecule has 1 aliphatic rings. The Morgan fingerprint density at radius 3 is 2.78 bits per heavy atom. The Hall–Kier alpha value is -2.57. The van der Waals surface area contributed by atoms with Crippen LogP contribution in [-0.2, 0) is 18.3 Å². The van der Waals surface area contributed by atoms with E-state index in [1.807, 2.05) is 36.9 Å². The Morgan fingerprint density at radius 2 is 2.07 bits per heavy atom. The maximum Gasteiger partial charge on any atom is 0.131 e. The summed E-state index contributed by atoms with van der Waals surface area (Å²) >= 11 is 0. The molecule has 0 aliphatic carbocycles. The first kappa shape index (κ1) is 17.8. The highest BCUT2D eigenvalue weighted by atomic mass is 19.1. The van der Waals surface area contributed by atoms with Gasteiger partial charge in [-0.2, -0.15) is 5.10 Å². The van der Waals surface area contributed by atoms with Gasteiger partial charge in [0.1, 0.15) is 11.9 Å². The Labute approximate surface area is 158 Å². The van der Waals surface area contributed by atoms with Crippen molar-refractivity contribution in [3.8, 4) is 11.1 Å². The molecule has 1 aliphatic heterocycles. The first-order valence-electron chi connectivity index (χ1n) is 9.14. The average Bonchev–Trinajstić information content (AvgIpc) is 2.99. The molecule has 0 bridgehead atoms. The predicted molar refractivity (Wildman–Crippen MR) is 102 cm³/mol. The molecular formula is C21H23FN4O. The quantitative estimate of drug-likeness (QED) is 0.709. The van der Waals surface area contributed by atoms with E-state index in [4.69, 9.17) is 4.74 Å². The van der Waals surface area contributed by atoms with Crippen molar-refractivity contribution in [2.75, 3.05) is 19.7 Å². The van der Waals surface area contributed by atoms with E-state index >= 15 is 0 Å². The number of pyridine rings is 1. The minimum absolute atomic E-state index is 0.0783. The molecule has 0 unspecified atom stereocenters. The molecule has 3 heterocycles. The molecule has 1 saturated heterocycles. The van der Waals surface area contributed by atoms with Crippen molar-refractivity contribution >= 4 is 0 Å². The maximum atomic E-state index is 14.0. The van der Waals surface area contributed by atoms with Crippen LogP contribution in [0.1, 0.15) is 23.1 Å². The van der Waals surface area contributed by atoms with Crippen LogP contribution in [0.25, 0.3) is 11.1 Å². The Morgan fingerprint density at radius 1 is 1.22 bits per heavy atom. The highest BCUT2D eigenvalue weighted by Crippen LogP contribution is 2.26. The molecule has 1 aromatic carbocycles. The molecule has 0 radical (unpaired) electrons. The van der Waals surface area contributed by atoms with Crippen molar-refractivity contribution in [1.82, 2.24) is 19.7 Å². The standard InChI is InChI=1S/C21H23FN4O/c1-15-17(12-25(2)24-15)13-26-9-10-27-21(14-26)20-8-7-16(11-23-20)18-5-3-4-6-19(18)22/h3-8,11-12,21H,9-10,13-14H2,1-2H3/t21-/m1/s1. The molecule has 1 fully saturated rings. The third-order valence-corrected chi connectivity index (χ3v) is 4.96. The van der Waals surface area contributed by atoms with Gasteiger partial charge in [-0.15, -0.1) is 0 Å². The molecular weight excluding hydrogens is 343 g/mol. The highest BCUT2D eigenvalue weighted by Gasteiger charge is 2.24. The number of hydrogen-bond donors (Lipinski definition) is 0. The van der Waals surface area contributed by atoms with Crippen LogP contribution < -0.4 is 0 Å².